The van der Waals surface area contributed by atoms with Gasteiger partial charge in [-0.3, -0.25) is 4.98 Å². The SMILES string of the molecule is Fc1ccc(OC2CCN(c3nc4ccncc4nc3N[C@@H]3CCOC3)CC2)c(F)c1. The fourth-order valence-electron chi connectivity index (χ4n) is 3.99. The van der Waals surface area contributed by atoms with E-state index in [1.165, 1.54) is 12.1 Å². The van der Waals surface area contributed by atoms with E-state index in [4.69, 9.17) is 19.4 Å². The molecule has 1 N–H and O–H groups in total. The minimum atomic E-state index is -0.679. The lowest BCUT2D eigenvalue weighted by molar-refractivity contribution is 0.163. The Hall–Kier alpha value is -3.07. The summed E-state index contributed by atoms with van der Waals surface area (Å²) in [6.07, 6.45) is 5.58. The molecule has 4 heterocycles. The number of fused-ring (bicyclic) bond motifs is 1. The second-order valence-corrected chi connectivity index (χ2v) is 7.84. The van der Waals surface area contributed by atoms with Gasteiger partial charge in [-0.1, -0.05) is 0 Å². The minimum Gasteiger partial charge on any atom is -0.487 e. The maximum atomic E-state index is 13.9. The maximum absolute atomic E-state index is 13.9. The average molecular weight is 427 g/mol. The van der Waals surface area contributed by atoms with E-state index < -0.39 is 11.6 Å². The maximum Gasteiger partial charge on any atom is 0.172 e. The van der Waals surface area contributed by atoms with E-state index in [2.05, 4.69) is 15.2 Å². The van der Waals surface area contributed by atoms with Crippen molar-refractivity contribution in [1.29, 1.82) is 0 Å². The summed E-state index contributed by atoms with van der Waals surface area (Å²) in [7, 11) is 0. The first-order valence-electron chi connectivity index (χ1n) is 10.5. The predicted octanol–water partition coefficient (Wildman–Crippen LogP) is 3.55. The molecule has 162 valence electrons. The molecule has 7 nitrogen and oxygen atoms in total. The van der Waals surface area contributed by atoms with Gasteiger partial charge in [-0.2, -0.15) is 0 Å². The third-order valence-electron chi connectivity index (χ3n) is 5.65. The van der Waals surface area contributed by atoms with E-state index in [0.717, 1.165) is 41.8 Å². The zero-order valence-electron chi connectivity index (χ0n) is 16.9. The summed E-state index contributed by atoms with van der Waals surface area (Å²) in [5, 5.41) is 3.48. The van der Waals surface area contributed by atoms with Crippen LogP contribution in [-0.2, 0) is 4.74 Å². The molecule has 1 aromatic carbocycles. The molecule has 5 rings (SSSR count). The first-order valence-corrected chi connectivity index (χ1v) is 10.5. The van der Waals surface area contributed by atoms with Crippen molar-refractivity contribution >= 4 is 22.7 Å². The molecule has 31 heavy (non-hydrogen) atoms. The van der Waals surface area contributed by atoms with Gasteiger partial charge in [0.05, 0.1) is 24.4 Å². The van der Waals surface area contributed by atoms with Crippen molar-refractivity contribution in [2.75, 3.05) is 36.5 Å². The number of aromatic nitrogens is 3. The monoisotopic (exact) mass is 427 g/mol. The molecular formula is C22H23F2N5O2. The third kappa shape index (κ3) is 4.36. The Labute approximate surface area is 178 Å². The van der Waals surface area contributed by atoms with Crippen molar-refractivity contribution in [3.63, 3.8) is 0 Å². The van der Waals surface area contributed by atoms with Crippen LogP contribution in [0.3, 0.4) is 0 Å². The molecule has 2 aliphatic heterocycles. The molecule has 0 aliphatic carbocycles. The van der Waals surface area contributed by atoms with Gasteiger partial charge in [-0.05, 0) is 24.6 Å². The van der Waals surface area contributed by atoms with Crippen molar-refractivity contribution < 1.29 is 18.3 Å². The quantitative estimate of drug-likeness (QED) is 0.668. The summed E-state index contributed by atoms with van der Waals surface area (Å²) in [4.78, 5) is 15.9. The third-order valence-corrected chi connectivity index (χ3v) is 5.65. The number of piperidine rings is 1. The van der Waals surface area contributed by atoms with E-state index in [9.17, 15) is 8.78 Å². The number of nitrogens with zero attached hydrogens (tertiary/aromatic N) is 4. The number of anilines is 2. The largest absolute Gasteiger partial charge is 0.487 e. The number of ether oxygens (including phenoxy) is 2. The van der Waals surface area contributed by atoms with E-state index in [-0.39, 0.29) is 17.9 Å². The van der Waals surface area contributed by atoms with Crippen LogP contribution < -0.4 is 15.0 Å². The van der Waals surface area contributed by atoms with Gasteiger partial charge in [0.1, 0.15) is 17.4 Å². The molecule has 0 bridgehead atoms. The molecule has 2 aliphatic rings. The molecule has 2 fully saturated rings. The summed E-state index contributed by atoms with van der Waals surface area (Å²) >= 11 is 0. The van der Waals surface area contributed by atoms with Crippen molar-refractivity contribution in [1.82, 2.24) is 15.0 Å². The van der Waals surface area contributed by atoms with Crippen LogP contribution in [-0.4, -0.2) is 53.4 Å². The van der Waals surface area contributed by atoms with Crippen molar-refractivity contribution in [3.8, 4) is 5.75 Å². The Balaban J connectivity index is 1.33. The second kappa shape index (κ2) is 8.58. The fourth-order valence-corrected chi connectivity index (χ4v) is 3.99. The van der Waals surface area contributed by atoms with Gasteiger partial charge in [0.25, 0.3) is 0 Å². The number of benzene rings is 1. The van der Waals surface area contributed by atoms with Gasteiger partial charge in [0, 0.05) is 44.8 Å². The highest BCUT2D eigenvalue weighted by Crippen LogP contribution is 2.30. The number of hydrogen-bond acceptors (Lipinski definition) is 7. The minimum absolute atomic E-state index is 0.0847. The van der Waals surface area contributed by atoms with Crippen LogP contribution in [0.4, 0.5) is 20.4 Å². The first-order chi connectivity index (χ1) is 15.2. The Bertz CT molecular complexity index is 1070. The Kier molecular flexibility index (Phi) is 5.50. The van der Waals surface area contributed by atoms with Gasteiger partial charge < -0.3 is 19.7 Å². The topological polar surface area (TPSA) is 72.4 Å². The van der Waals surface area contributed by atoms with E-state index in [1.807, 2.05) is 6.07 Å². The van der Waals surface area contributed by atoms with Gasteiger partial charge in [0.2, 0.25) is 0 Å². The standard InChI is InChI=1S/C22H23F2N5O2/c23-14-1-2-20(17(24)11-14)31-16-4-8-29(9-5-16)22-21(26-15-6-10-30-13-15)27-19-12-25-7-3-18(19)28-22/h1-3,7,11-12,15-16H,4-6,8-10,13H2,(H,26,27)/t15-/m1/s1. The Morgan fingerprint density at radius 2 is 1.94 bits per heavy atom. The molecule has 0 amide bonds. The Morgan fingerprint density at radius 1 is 1.06 bits per heavy atom. The second-order valence-electron chi connectivity index (χ2n) is 7.84. The molecular weight excluding hydrogens is 404 g/mol. The van der Waals surface area contributed by atoms with Gasteiger partial charge >= 0.3 is 0 Å². The number of pyridine rings is 1. The van der Waals surface area contributed by atoms with Crippen molar-refractivity contribution in [3.05, 3.63) is 48.3 Å². The van der Waals surface area contributed by atoms with Crippen LogP contribution in [0.15, 0.2) is 36.7 Å². The fraction of sp³-hybridized carbons (Fsp3) is 0.409. The summed E-state index contributed by atoms with van der Waals surface area (Å²) in [5.41, 5.74) is 1.52. The van der Waals surface area contributed by atoms with Crippen LogP contribution in [0.1, 0.15) is 19.3 Å². The van der Waals surface area contributed by atoms with Crippen molar-refractivity contribution in [2.45, 2.75) is 31.4 Å². The van der Waals surface area contributed by atoms with Gasteiger partial charge in [-0.25, -0.2) is 18.7 Å². The van der Waals surface area contributed by atoms with Gasteiger partial charge in [0.15, 0.2) is 23.2 Å². The molecule has 2 aromatic heterocycles. The molecule has 0 saturated carbocycles. The zero-order chi connectivity index (χ0) is 21.2. The molecule has 1 atom stereocenters. The van der Waals surface area contributed by atoms with Crippen LogP contribution in [0.25, 0.3) is 11.0 Å². The van der Waals surface area contributed by atoms with Crippen LogP contribution in [0.5, 0.6) is 5.75 Å². The van der Waals surface area contributed by atoms with E-state index >= 15 is 0 Å². The van der Waals surface area contributed by atoms with E-state index in [1.54, 1.807) is 12.4 Å². The zero-order valence-corrected chi connectivity index (χ0v) is 16.9. The Morgan fingerprint density at radius 3 is 2.71 bits per heavy atom. The summed E-state index contributed by atoms with van der Waals surface area (Å²) < 4.78 is 38.3. The smallest absolute Gasteiger partial charge is 0.172 e. The lowest BCUT2D eigenvalue weighted by Gasteiger charge is -2.34. The average Bonchev–Trinajstić information content (AvgIpc) is 3.29. The normalized spacial score (nSPS) is 19.7. The van der Waals surface area contributed by atoms with Crippen LogP contribution >= 0.6 is 0 Å². The number of hydrogen-bond donors (Lipinski definition) is 1. The number of halogens is 2. The van der Waals surface area contributed by atoms with Crippen LogP contribution in [0, 0.1) is 11.6 Å². The molecule has 0 spiro atoms. The van der Waals surface area contributed by atoms with E-state index in [0.29, 0.717) is 32.5 Å². The molecule has 0 radical (unpaired) electrons. The summed E-state index contributed by atoms with van der Waals surface area (Å²) in [6.45, 7) is 2.76. The summed E-state index contributed by atoms with van der Waals surface area (Å²) in [5.74, 6) is 0.303. The molecule has 2 saturated heterocycles. The predicted molar refractivity (Wildman–Crippen MR) is 112 cm³/mol. The van der Waals surface area contributed by atoms with Crippen molar-refractivity contribution in [2.24, 2.45) is 0 Å². The molecule has 9 heteroatoms. The molecule has 3 aromatic rings. The van der Waals surface area contributed by atoms with Crippen LogP contribution in [0.2, 0.25) is 0 Å². The summed E-state index contributed by atoms with van der Waals surface area (Å²) in [6, 6.07) is 5.43. The number of rotatable bonds is 5. The highest BCUT2D eigenvalue weighted by molar-refractivity contribution is 5.79. The molecule has 0 unspecified atom stereocenters. The highest BCUT2D eigenvalue weighted by atomic mass is 19.1. The number of nitrogens with one attached hydrogen (secondary N) is 1. The lowest BCUT2D eigenvalue weighted by atomic mass is 10.1. The highest BCUT2D eigenvalue weighted by Gasteiger charge is 2.26. The van der Waals surface area contributed by atoms with Gasteiger partial charge in [-0.15, -0.1) is 0 Å². The first kappa shape index (κ1) is 19.9. The lowest BCUT2D eigenvalue weighted by Crippen LogP contribution is -2.39.